The Bertz CT molecular complexity index is 1730. The summed E-state index contributed by atoms with van der Waals surface area (Å²) in [5, 5.41) is 66.4. The van der Waals surface area contributed by atoms with E-state index in [2.05, 4.69) is 23.5 Å². The van der Waals surface area contributed by atoms with Gasteiger partial charge < -0.3 is 30.6 Å². The summed E-state index contributed by atoms with van der Waals surface area (Å²) < 4.78 is 0. The number of rotatable bonds is 5. The van der Waals surface area contributed by atoms with Crippen LogP contribution >= 0.6 is 23.5 Å². The van der Waals surface area contributed by atoms with E-state index in [1.165, 1.54) is 61.5 Å². The maximum absolute atomic E-state index is 12.0. The van der Waals surface area contributed by atoms with Crippen LogP contribution < -0.4 is 0 Å². The second kappa shape index (κ2) is 17.0. The van der Waals surface area contributed by atoms with Gasteiger partial charge in [-0.3, -0.25) is 9.59 Å². The molecule has 0 aromatic heterocycles. The number of aryl methyl sites for hydroxylation is 2. The maximum atomic E-state index is 12.0. The molecule has 0 atom stereocenters. The minimum Gasteiger partial charge on any atom is -0.507 e. The first-order valence-electron chi connectivity index (χ1n) is 17.3. The molecule has 8 nitrogen and oxygen atoms in total. The van der Waals surface area contributed by atoms with Gasteiger partial charge in [-0.1, -0.05) is 52.7 Å². The van der Waals surface area contributed by atoms with Crippen LogP contribution in [0.4, 0.5) is 0 Å². The fraction of sp³-hybridized carbons (Fsp3) is 0.450. The lowest BCUT2D eigenvalue weighted by Gasteiger charge is -2.23. The summed E-state index contributed by atoms with van der Waals surface area (Å²) in [5.74, 6) is 2.09. The molecule has 50 heavy (non-hydrogen) atoms. The van der Waals surface area contributed by atoms with E-state index in [9.17, 15) is 40.2 Å². The summed E-state index contributed by atoms with van der Waals surface area (Å²) >= 11 is 4.19. The van der Waals surface area contributed by atoms with Gasteiger partial charge in [-0.2, -0.15) is 23.5 Å². The highest BCUT2D eigenvalue weighted by Crippen LogP contribution is 2.54. The van der Waals surface area contributed by atoms with E-state index in [1.807, 2.05) is 0 Å². The third-order valence-electron chi connectivity index (χ3n) is 9.38. The summed E-state index contributed by atoms with van der Waals surface area (Å²) in [6.45, 7) is 10.5. The molecule has 0 amide bonds. The number of aromatic hydroxyl groups is 6. The Hall–Kier alpha value is -3.76. The molecule has 0 unspecified atom stereocenters. The second-order valence-corrected chi connectivity index (χ2v) is 16.1. The van der Waals surface area contributed by atoms with Gasteiger partial charge in [0.15, 0.2) is 35.6 Å². The van der Waals surface area contributed by atoms with E-state index in [0.29, 0.717) is 45.6 Å². The highest BCUT2D eigenvalue weighted by atomic mass is 32.2. The zero-order valence-corrected chi connectivity index (χ0v) is 31.5. The van der Waals surface area contributed by atoms with E-state index in [-0.39, 0.29) is 44.9 Å². The van der Waals surface area contributed by atoms with Crippen molar-refractivity contribution in [3.05, 3.63) is 45.5 Å². The normalized spacial score (nSPS) is 14.6. The van der Waals surface area contributed by atoms with E-state index in [4.69, 9.17) is 0 Å². The molecule has 2 heterocycles. The molecule has 6 N–H and O–H groups in total. The Balaban J connectivity index is 0.000000391. The number of aldehydes is 2. The Morgan fingerprint density at radius 2 is 0.840 bits per heavy atom. The average molecular weight is 723 g/mol. The average Bonchev–Trinajstić information content (AvgIpc) is 3.10. The molecule has 270 valence electrons. The minimum absolute atomic E-state index is 0.00512. The van der Waals surface area contributed by atoms with Crippen LogP contribution in [0.25, 0.3) is 32.7 Å². The first kappa shape index (κ1) is 39.0. The van der Waals surface area contributed by atoms with Crippen LogP contribution in [0.2, 0.25) is 0 Å². The van der Waals surface area contributed by atoms with Gasteiger partial charge in [0.1, 0.15) is 11.5 Å². The van der Waals surface area contributed by atoms with Gasteiger partial charge >= 0.3 is 0 Å². The summed E-state index contributed by atoms with van der Waals surface area (Å²) in [6.07, 6.45) is 9.49. The zero-order valence-electron chi connectivity index (χ0n) is 29.9. The largest absolute Gasteiger partial charge is 0.507 e. The summed E-state index contributed by atoms with van der Waals surface area (Å²) in [7, 11) is 0. The Morgan fingerprint density at radius 3 is 1.06 bits per heavy atom. The summed E-state index contributed by atoms with van der Waals surface area (Å²) in [4.78, 5) is 24.0. The van der Waals surface area contributed by atoms with Crippen molar-refractivity contribution in [3.8, 4) is 45.6 Å². The molecular formula is C40H50O8S2. The van der Waals surface area contributed by atoms with E-state index in [1.54, 1.807) is 53.7 Å². The van der Waals surface area contributed by atoms with Crippen molar-refractivity contribution in [2.24, 2.45) is 0 Å². The van der Waals surface area contributed by atoms with Crippen molar-refractivity contribution in [1.29, 1.82) is 0 Å². The smallest absolute Gasteiger partial charge is 0.169 e. The summed E-state index contributed by atoms with van der Waals surface area (Å²) in [5.41, 5.74) is 1.33. The standard InChI is InChI=1S/C30H30O8.2C5H10S/c1-11(2)19-15-7-13(5)21(27(35)23(15)17(9-31)25(33)29(19)37)22-14(6)8-16-20(12(3)4)30(38)26(34)18(10-32)24(16)28(22)36;2*1-2-4-6-5-3-1/h7-12,33-38H,1-6H3;2*1-5H2. The highest BCUT2D eigenvalue weighted by Gasteiger charge is 2.29. The molecule has 4 aromatic carbocycles. The number of carbonyl (C=O) groups is 2. The van der Waals surface area contributed by atoms with E-state index < -0.39 is 34.5 Å². The Morgan fingerprint density at radius 1 is 0.520 bits per heavy atom. The first-order chi connectivity index (χ1) is 23.8. The van der Waals surface area contributed by atoms with E-state index in [0.717, 1.165) is 0 Å². The summed E-state index contributed by atoms with van der Waals surface area (Å²) in [6, 6.07) is 3.31. The first-order valence-corrected chi connectivity index (χ1v) is 19.6. The van der Waals surface area contributed by atoms with Gasteiger partial charge in [-0.05, 0) is 96.3 Å². The van der Waals surface area contributed by atoms with Crippen molar-refractivity contribution in [2.45, 2.75) is 91.9 Å². The number of hydrogen-bond acceptors (Lipinski definition) is 10. The van der Waals surface area contributed by atoms with Gasteiger partial charge in [-0.15, -0.1) is 0 Å². The highest BCUT2D eigenvalue weighted by molar-refractivity contribution is 7.99. The lowest BCUT2D eigenvalue weighted by Crippen LogP contribution is -2.01. The maximum Gasteiger partial charge on any atom is 0.169 e. The van der Waals surface area contributed by atoms with Crippen molar-refractivity contribution in [2.75, 3.05) is 23.0 Å². The van der Waals surface area contributed by atoms with Crippen LogP contribution in [-0.4, -0.2) is 66.2 Å². The molecule has 6 rings (SSSR count). The molecule has 2 fully saturated rings. The number of thioether (sulfide) groups is 2. The monoisotopic (exact) mass is 722 g/mol. The number of phenolic OH excluding ortho intramolecular Hbond substituents is 6. The molecule has 0 radical (unpaired) electrons. The molecule has 2 aliphatic rings. The van der Waals surface area contributed by atoms with Crippen molar-refractivity contribution >= 4 is 57.6 Å². The van der Waals surface area contributed by atoms with Gasteiger partial charge in [0.2, 0.25) is 0 Å². The molecule has 4 aromatic rings. The topological polar surface area (TPSA) is 156 Å². The molecular weight excluding hydrogens is 673 g/mol. The molecule has 2 saturated heterocycles. The quantitative estimate of drug-likeness (QED) is 0.0866. The molecule has 2 aliphatic heterocycles. The van der Waals surface area contributed by atoms with Crippen LogP contribution in [0.1, 0.15) is 121 Å². The second-order valence-electron chi connectivity index (χ2n) is 13.6. The van der Waals surface area contributed by atoms with Crippen LogP contribution in [-0.2, 0) is 0 Å². The fourth-order valence-corrected chi connectivity index (χ4v) is 9.02. The number of hydrogen-bond donors (Lipinski definition) is 6. The number of carbonyl (C=O) groups excluding carboxylic acids is 2. The molecule has 10 heteroatoms. The molecule has 0 spiro atoms. The SMILES string of the molecule is C1CCSCC1.C1CCSCC1.Cc1cc2c(C(C)C)c(O)c(O)c(C=O)c2c(O)c1-c1c(C)cc2c(C(C)C)c(O)c(O)c(C=O)c2c1O. The molecule has 0 aliphatic carbocycles. The zero-order chi connectivity index (χ0) is 36.9. The van der Waals surface area contributed by atoms with Crippen LogP contribution in [0.3, 0.4) is 0 Å². The van der Waals surface area contributed by atoms with Gasteiger partial charge in [-0.25, -0.2) is 0 Å². The fourth-order valence-electron chi connectivity index (χ4n) is 6.98. The van der Waals surface area contributed by atoms with Gasteiger partial charge in [0.25, 0.3) is 0 Å². The van der Waals surface area contributed by atoms with Crippen LogP contribution in [0.15, 0.2) is 12.1 Å². The van der Waals surface area contributed by atoms with Crippen molar-refractivity contribution in [3.63, 3.8) is 0 Å². The Labute approximate surface area is 302 Å². The van der Waals surface area contributed by atoms with Crippen LogP contribution in [0, 0.1) is 13.8 Å². The molecule has 0 saturated carbocycles. The van der Waals surface area contributed by atoms with Crippen molar-refractivity contribution in [1.82, 2.24) is 0 Å². The van der Waals surface area contributed by atoms with Gasteiger partial charge in [0.05, 0.1) is 11.1 Å². The minimum atomic E-state index is -0.661. The lowest BCUT2D eigenvalue weighted by molar-refractivity contribution is 0.111. The van der Waals surface area contributed by atoms with Gasteiger partial charge in [0, 0.05) is 33.0 Å². The number of fused-ring (bicyclic) bond motifs is 2. The van der Waals surface area contributed by atoms with Crippen molar-refractivity contribution < 1.29 is 40.2 Å². The lowest BCUT2D eigenvalue weighted by atomic mass is 9.83. The number of benzene rings is 4. The predicted octanol–water partition coefficient (Wildman–Crippen LogP) is 10.2. The van der Waals surface area contributed by atoms with Crippen LogP contribution in [0.5, 0.6) is 34.5 Å². The molecule has 0 bridgehead atoms. The number of phenols is 6. The predicted molar refractivity (Wildman–Crippen MR) is 208 cm³/mol. The van der Waals surface area contributed by atoms with E-state index >= 15 is 0 Å². The third-order valence-corrected chi connectivity index (χ3v) is 11.7. The third kappa shape index (κ3) is 7.61. The Kier molecular flexibility index (Phi) is 13.2.